The third kappa shape index (κ3) is 2.17. The topological polar surface area (TPSA) is 35.5 Å². The molecule has 0 heterocycles. The van der Waals surface area contributed by atoms with Crippen molar-refractivity contribution in [1.29, 1.82) is 0 Å². The summed E-state index contributed by atoms with van der Waals surface area (Å²) in [4.78, 5) is 11.7. The van der Waals surface area contributed by atoms with Crippen LogP contribution in [0.2, 0.25) is 0 Å². The third-order valence-corrected chi connectivity index (χ3v) is 3.57. The molecule has 0 amide bonds. The van der Waals surface area contributed by atoms with Crippen LogP contribution in [0.25, 0.3) is 0 Å². The molecule has 0 spiro atoms. The van der Waals surface area contributed by atoms with E-state index >= 15 is 0 Å². The Kier molecular flexibility index (Phi) is 3.73. The number of alkyl halides is 2. The second kappa shape index (κ2) is 5.15. The van der Waals surface area contributed by atoms with Crippen molar-refractivity contribution >= 4 is 5.97 Å². The van der Waals surface area contributed by atoms with Crippen LogP contribution in [0.3, 0.4) is 0 Å². The Morgan fingerprint density at radius 2 is 2.16 bits per heavy atom. The number of carbonyl (C=O) groups is 1. The second-order valence-corrected chi connectivity index (χ2v) is 4.55. The normalized spacial score (nSPS) is 25.2. The fourth-order valence-corrected chi connectivity index (χ4v) is 2.50. The van der Waals surface area contributed by atoms with Crippen LogP contribution in [0.15, 0.2) is 24.3 Å². The van der Waals surface area contributed by atoms with E-state index in [-0.39, 0.29) is 13.0 Å². The Bertz CT molecular complexity index is 476. The first kappa shape index (κ1) is 13.8. The van der Waals surface area contributed by atoms with Crippen LogP contribution in [0.4, 0.5) is 8.78 Å². The molecule has 1 aliphatic carbocycles. The monoisotopic (exact) mass is 270 g/mol. The number of carbonyl (C=O) groups excluding carboxylic acids is 1. The molecule has 104 valence electrons. The van der Waals surface area contributed by atoms with E-state index in [1.807, 2.05) is 0 Å². The molecule has 0 aliphatic heterocycles. The van der Waals surface area contributed by atoms with Gasteiger partial charge in [-0.05, 0) is 19.4 Å². The van der Waals surface area contributed by atoms with E-state index in [0.717, 1.165) is 0 Å². The third-order valence-electron chi connectivity index (χ3n) is 3.57. The van der Waals surface area contributed by atoms with Crippen LogP contribution in [-0.2, 0) is 14.9 Å². The molecule has 3 nitrogen and oxygen atoms in total. The van der Waals surface area contributed by atoms with Crippen molar-refractivity contribution < 1.29 is 23.0 Å². The largest absolute Gasteiger partial charge is 0.496 e. The maximum Gasteiger partial charge on any atom is 0.310 e. The summed E-state index contributed by atoms with van der Waals surface area (Å²) in [5, 5.41) is 0. The van der Waals surface area contributed by atoms with Gasteiger partial charge in [0.05, 0.1) is 25.0 Å². The first-order chi connectivity index (χ1) is 9.07. The zero-order valence-corrected chi connectivity index (χ0v) is 10.9. The van der Waals surface area contributed by atoms with Crippen LogP contribution < -0.4 is 4.74 Å². The molecule has 5 heteroatoms. The molecule has 1 aliphatic rings. The van der Waals surface area contributed by atoms with Gasteiger partial charge in [-0.2, -0.15) is 0 Å². The molecular weight excluding hydrogens is 254 g/mol. The van der Waals surface area contributed by atoms with Crippen molar-refractivity contribution in [3.05, 3.63) is 29.8 Å². The average molecular weight is 270 g/mol. The van der Waals surface area contributed by atoms with Gasteiger partial charge in [0.2, 0.25) is 6.43 Å². The van der Waals surface area contributed by atoms with Crippen molar-refractivity contribution in [2.45, 2.75) is 25.2 Å². The number of para-hydroxylation sites is 1. The minimum absolute atomic E-state index is 0.101. The zero-order valence-electron chi connectivity index (χ0n) is 10.9. The van der Waals surface area contributed by atoms with E-state index in [1.165, 1.54) is 7.11 Å². The van der Waals surface area contributed by atoms with Gasteiger partial charge < -0.3 is 9.47 Å². The van der Waals surface area contributed by atoms with Gasteiger partial charge in [-0.3, -0.25) is 4.79 Å². The minimum Gasteiger partial charge on any atom is -0.496 e. The van der Waals surface area contributed by atoms with E-state index in [2.05, 4.69) is 0 Å². The molecule has 2 rings (SSSR count). The lowest BCUT2D eigenvalue weighted by Gasteiger charge is -2.19. The van der Waals surface area contributed by atoms with E-state index in [1.54, 1.807) is 31.2 Å². The molecule has 0 aromatic heterocycles. The summed E-state index contributed by atoms with van der Waals surface area (Å²) in [6.45, 7) is 1.86. The quantitative estimate of drug-likeness (QED) is 0.772. The summed E-state index contributed by atoms with van der Waals surface area (Å²) in [5.41, 5.74) is -1.08. The fraction of sp³-hybridized carbons (Fsp3) is 0.500. The number of hydrogen-bond acceptors (Lipinski definition) is 3. The number of hydrogen-bond donors (Lipinski definition) is 0. The Labute approximate surface area is 110 Å². The molecule has 1 aromatic carbocycles. The van der Waals surface area contributed by atoms with Crippen LogP contribution in [0.1, 0.15) is 18.9 Å². The maximum atomic E-state index is 13.5. The van der Waals surface area contributed by atoms with Crippen LogP contribution in [0, 0.1) is 5.92 Å². The Morgan fingerprint density at radius 3 is 2.74 bits per heavy atom. The molecule has 0 bridgehead atoms. The summed E-state index contributed by atoms with van der Waals surface area (Å²) in [5.74, 6) is -0.966. The fourth-order valence-electron chi connectivity index (χ4n) is 2.50. The predicted molar refractivity (Wildman–Crippen MR) is 65.4 cm³/mol. The van der Waals surface area contributed by atoms with E-state index in [4.69, 9.17) is 9.47 Å². The molecule has 2 atom stereocenters. The van der Waals surface area contributed by atoms with Gasteiger partial charge in [0, 0.05) is 5.56 Å². The first-order valence-electron chi connectivity index (χ1n) is 6.16. The molecule has 1 aromatic rings. The molecule has 0 unspecified atom stereocenters. The summed E-state index contributed by atoms with van der Waals surface area (Å²) in [6, 6.07) is 6.59. The zero-order chi connectivity index (χ0) is 14.0. The van der Waals surface area contributed by atoms with Crippen LogP contribution in [0.5, 0.6) is 5.75 Å². The lowest BCUT2D eigenvalue weighted by Crippen LogP contribution is -2.25. The van der Waals surface area contributed by atoms with Gasteiger partial charge in [0.15, 0.2) is 0 Å². The van der Waals surface area contributed by atoms with Crippen molar-refractivity contribution in [3.63, 3.8) is 0 Å². The molecular formula is C14H16F2O3. The Morgan fingerprint density at radius 1 is 1.47 bits per heavy atom. The number of ether oxygens (including phenoxy) is 2. The van der Waals surface area contributed by atoms with E-state index in [0.29, 0.717) is 11.3 Å². The Hall–Kier alpha value is -1.65. The Balaban J connectivity index is 2.36. The lowest BCUT2D eigenvalue weighted by atomic mass is 9.92. The number of benzene rings is 1. The molecule has 0 N–H and O–H groups in total. The summed E-state index contributed by atoms with van der Waals surface area (Å²) >= 11 is 0. The van der Waals surface area contributed by atoms with Gasteiger partial charge in [-0.15, -0.1) is 0 Å². The highest BCUT2D eigenvalue weighted by molar-refractivity contribution is 5.80. The molecule has 1 saturated carbocycles. The maximum absolute atomic E-state index is 13.5. The predicted octanol–water partition coefficient (Wildman–Crippen LogP) is 2.78. The van der Waals surface area contributed by atoms with Gasteiger partial charge >= 0.3 is 5.97 Å². The number of halogens is 2. The van der Waals surface area contributed by atoms with Crippen LogP contribution in [-0.4, -0.2) is 26.1 Å². The van der Waals surface area contributed by atoms with E-state index in [9.17, 15) is 13.6 Å². The number of rotatable bonds is 5. The highest BCUT2D eigenvalue weighted by atomic mass is 19.3. The molecule has 19 heavy (non-hydrogen) atoms. The first-order valence-corrected chi connectivity index (χ1v) is 6.16. The van der Waals surface area contributed by atoms with Gasteiger partial charge in [0.1, 0.15) is 5.75 Å². The van der Waals surface area contributed by atoms with Gasteiger partial charge in [0.25, 0.3) is 0 Å². The van der Waals surface area contributed by atoms with Crippen molar-refractivity contribution in [3.8, 4) is 5.75 Å². The van der Waals surface area contributed by atoms with Gasteiger partial charge in [-0.1, -0.05) is 18.2 Å². The SMILES string of the molecule is CCOC(=O)[C@H]1C[C@@]1(c1ccccc1OC)C(F)F. The smallest absolute Gasteiger partial charge is 0.310 e. The van der Waals surface area contributed by atoms with Crippen molar-refractivity contribution in [2.75, 3.05) is 13.7 Å². The minimum atomic E-state index is -2.63. The lowest BCUT2D eigenvalue weighted by molar-refractivity contribution is -0.146. The van der Waals surface area contributed by atoms with Crippen LogP contribution >= 0.6 is 0 Å². The second-order valence-electron chi connectivity index (χ2n) is 4.55. The molecule has 0 radical (unpaired) electrons. The standard InChI is InChI=1S/C14H16F2O3/c1-3-19-12(17)10-8-14(10,13(15)16)9-6-4-5-7-11(9)18-2/h4-7,10,13H,3,8H2,1-2H3/t10-,14+/m1/s1. The van der Waals surface area contributed by atoms with Crippen molar-refractivity contribution in [1.82, 2.24) is 0 Å². The highest BCUT2D eigenvalue weighted by Gasteiger charge is 2.67. The number of methoxy groups -OCH3 is 1. The summed E-state index contributed by atoms with van der Waals surface area (Å²) in [7, 11) is 1.43. The molecule has 0 saturated heterocycles. The van der Waals surface area contributed by atoms with Gasteiger partial charge in [-0.25, -0.2) is 8.78 Å². The number of esters is 1. The summed E-state index contributed by atoms with van der Waals surface area (Å²) < 4.78 is 36.9. The van der Waals surface area contributed by atoms with E-state index < -0.39 is 23.7 Å². The molecule has 1 fully saturated rings. The summed E-state index contributed by atoms with van der Waals surface area (Å²) in [6.07, 6.45) is -2.53. The van der Waals surface area contributed by atoms with Crippen molar-refractivity contribution in [2.24, 2.45) is 5.92 Å². The average Bonchev–Trinajstić information content (AvgIpc) is 3.16. The highest BCUT2D eigenvalue weighted by Crippen LogP contribution is 2.60.